The van der Waals surface area contributed by atoms with Gasteiger partial charge in [-0.2, -0.15) is 0 Å². The third-order valence-electron chi connectivity index (χ3n) is 15.1. The Bertz CT molecular complexity index is 3080. The summed E-state index contributed by atoms with van der Waals surface area (Å²) in [6, 6.07) is -5.57. The largest absolute Gasteiger partial charge is 0.391 e. The number of rotatable bonds is 44. The average molecular weight is 1330 g/mol. The number of benzene rings is 1. The lowest BCUT2D eigenvalue weighted by atomic mass is 9.98. The Hall–Kier alpha value is -9.29. The molecule has 10 atom stereocenters. The van der Waals surface area contributed by atoms with E-state index >= 15 is 0 Å². The molecule has 3 aromatic rings. The van der Waals surface area contributed by atoms with Gasteiger partial charge in [0.2, 0.25) is 76.8 Å². The second-order valence-electron chi connectivity index (χ2n) is 25.4. The molecule has 526 valence electrons. The summed E-state index contributed by atoms with van der Waals surface area (Å²) in [6.07, 6.45) is 4.46. The Morgan fingerprint density at radius 1 is 0.526 bits per heavy atom. The van der Waals surface area contributed by atoms with Crippen molar-refractivity contribution >= 4 is 94.0 Å². The smallest absolute Gasteiger partial charge is 0.245 e. The Kier molecular flexibility index (Phi) is 34.3. The molecule has 1 aromatic carbocycles. The second kappa shape index (κ2) is 40.7. The van der Waals surface area contributed by atoms with Gasteiger partial charge < -0.3 is 89.8 Å². The number of nitrogens with two attached hydrogens (primary N) is 2. The number of para-hydroxylation sites is 1. The minimum atomic E-state index is -1.75. The van der Waals surface area contributed by atoms with Gasteiger partial charge >= 0.3 is 0 Å². The number of aliphatic hydroxyl groups excluding tert-OH is 1. The van der Waals surface area contributed by atoms with Crippen LogP contribution in [0.5, 0.6) is 0 Å². The van der Waals surface area contributed by atoms with E-state index in [9.17, 15) is 72.2 Å². The quantitative estimate of drug-likeness (QED) is 0.0233. The van der Waals surface area contributed by atoms with Crippen LogP contribution in [0.3, 0.4) is 0 Å². The van der Waals surface area contributed by atoms with Gasteiger partial charge in [0.1, 0.15) is 60.7 Å². The van der Waals surface area contributed by atoms with Crippen LogP contribution in [-0.2, 0) is 80.0 Å². The van der Waals surface area contributed by atoms with Crippen molar-refractivity contribution in [2.45, 2.75) is 213 Å². The first-order chi connectivity index (χ1) is 44.8. The summed E-state index contributed by atoms with van der Waals surface area (Å²) in [7, 11) is 0. The number of amides is 13. The molecule has 0 bridgehead atoms. The lowest BCUT2D eigenvalue weighted by Crippen LogP contribution is -2.62. The maximum Gasteiger partial charge on any atom is 0.245 e. The molecule has 13 amide bonds. The normalized spacial score (nSPS) is 14.5. The summed E-state index contributed by atoms with van der Waals surface area (Å²) in [4.78, 5) is 197. The molecule has 0 saturated carbocycles. The van der Waals surface area contributed by atoms with Crippen LogP contribution < -0.4 is 70.0 Å². The highest BCUT2D eigenvalue weighted by Crippen LogP contribution is 2.20. The van der Waals surface area contributed by atoms with E-state index in [1.54, 1.807) is 67.7 Å². The van der Waals surface area contributed by atoms with Crippen LogP contribution >= 0.6 is 0 Å². The van der Waals surface area contributed by atoms with Crippen molar-refractivity contribution in [1.82, 2.24) is 73.4 Å². The van der Waals surface area contributed by atoms with Crippen molar-refractivity contribution in [3.8, 4) is 0 Å². The zero-order valence-corrected chi connectivity index (χ0v) is 56.1. The maximum absolute atomic E-state index is 14.4. The molecule has 0 saturated heterocycles. The summed E-state index contributed by atoms with van der Waals surface area (Å²) in [5.41, 5.74) is 12.6. The highest BCUT2D eigenvalue weighted by atomic mass is 16.3. The topological polar surface area (TPSA) is 488 Å². The maximum atomic E-state index is 14.4. The van der Waals surface area contributed by atoms with Gasteiger partial charge in [-0.05, 0) is 87.2 Å². The van der Waals surface area contributed by atoms with E-state index in [4.69, 9.17) is 11.5 Å². The predicted octanol–water partition coefficient (Wildman–Crippen LogP) is -1.24. The van der Waals surface area contributed by atoms with Crippen LogP contribution in [0.25, 0.3) is 10.9 Å². The van der Waals surface area contributed by atoms with E-state index in [1.165, 1.54) is 19.4 Å². The third kappa shape index (κ3) is 29.3. The molecule has 0 fully saturated rings. The summed E-state index contributed by atoms with van der Waals surface area (Å²) < 4.78 is 0. The number of aromatic nitrogens is 3. The number of fused-ring (bicyclic) bond motifs is 1. The molecule has 0 aliphatic carbocycles. The number of nitrogens with zero attached hydrogens (tertiary/aromatic N) is 1. The predicted molar refractivity (Wildman–Crippen MR) is 350 cm³/mol. The van der Waals surface area contributed by atoms with E-state index in [0.717, 1.165) is 24.1 Å². The van der Waals surface area contributed by atoms with Gasteiger partial charge in [-0.15, -0.1) is 0 Å². The Labute approximate surface area is 553 Å². The molecule has 18 N–H and O–H groups in total. The highest BCUT2D eigenvalue weighted by molar-refractivity contribution is 5.99. The molecule has 95 heavy (non-hydrogen) atoms. The van der Waals surface area contributed by atoms with Crippen molar-refractivity contribution in [1.29, 1.82) is 0 Å². The third-order valence-corrected chi connectivity index (χ3v) is 15.1. The van der Waals surface area contributed by atoms with E-state index in [1.807, 2.05) is 18.2 Å². The van der Waals surface area contributed by atoms with Crippen LogP contribution in [0.15, 0.2) is 43.0 Å². The lowest BCUT2D eigenvalue weighted by molar-refractivity contribution is -0.137. The number of primary amides is 2. The van der Waals surface area contributed by atoms with E-state index in [0.29, 0.717) is 43.5 Å². The monoisotopic (exact) mass is 1330 g/mol. The minimum Gasteiger partial charge on any atom is -0.391 e. The number of carbonyl (C=O) groups excluding carboxylic acids is 14. The molecular weight excluding hydrogens is 1230 g/mol. The number of carbonyl (C=O) groups is 14. The van der Waals surface area contributed by atoms with Crippen molar-refractivity contribution < 1.29 is 72.2 Å². The van der Waals surface area contributed by atoms with Crippen LogP contribution in [-0.4, -0.2) is 177 Å². The Morgan fingerprint density at radius 3 is 1.48 bits per heavy atom. The lowest BCUT2D eigenvalue weighted by Gasteiger charge is -2.30. The van der Waals surface area contributed by atoms with Gasteiger partial charge in [0, 0.05) is 74.6 Å². The van der Waals surface area contributed by atoms with Crippen molar-refractivity contribution in [2.75, 3.05) is 13.1 Å². The summed E-state index contributed by atoms with van der Waals surface area (Å²) >= 11 is 0. The number of H-pyrrole nitrogens is 2. The van der Waals surface area contributed by atoms with E-state index in [2.05, 4.69) is 73.4 Å². The van der Waals surface area contributed by atoms with Crippen LogP contribution in [0, 0.1) is 23.7 Å². The number of nitrogens with one attached hydrogen (secondary N) is 13. The Morgan fingerprint density at radius 2 is 0.989 bits per heavy atom. The highest BCUT2D eigenvalue weighted by Gasteiger charge is 2.38. The fourth-order valence-electron chi connectivity index (χ4n) is 10.2. The molecule has 2 heterocycles. The zero-order valence-electron chi connectivity index (χ0n) is 56.1. The van der Waals surface area contributed by atoms with Gasteiger partial charge in [-0.1, -0.05) is 80.0 Å². The zero-order chi connectivity index (χ0) is 71.1. The molecular formula is C64H100N16O15. The number of aliphatic hydroxyl groups is 1. The molecule has 2 aromatic heterocycles. The number of hydrogen-bond acceptors (Lipinski definition) is 16. The summed E-state index contributed by atoms with van der Waals surface area (Å²) in [5.74, 6) is -12.1. The molecule has 0 aliphatic rings. The summed E-state index contributed by atoms with van der Waals surface area (Å²) in [6.45, 7) is 16.0. The summed E-state index contributed by atoms with van der Waals surface area (Å²) in [5, 5.41) is 40.5. The van der Waals surface area contributed by atoms with E-state index in [-0.39, 0.29) is 62.7 Å². The molecule has 31 nitrogen and oxygen atoms in total. The first-order valence-electron chi connectivity index (χ1n) is 32.2. The molecule has 0 aliphatic heterocycles. The minimum absolute atomic E-state index is 0.0184. The number of aromatic amines is 2. The van der Waals surface area contributed by atoms with Crippen LogP contribution in [0.1, 0.15) is 151 Å². The van der Waals surface area contributed by atoms with Crippen molar-refractivity contribution in [2.24, 2.45) is 35.1 Å². The Balaban J connectivity index is 1.87. The molecule has 3 rings (SSSR count). The molecule has 0 spiro atoms. The molecule has 0 radical (unpaired) electrons. The first kappa shape index (κ1) is 79.9. The number of aldehydes is 1. The van der Waals surface area contributed by atoms with Gasteiger partial charge in [-0.25, -0.2) is 4.98 Å². The van der Waals surface area contributed by atoms with Crippen molar-refractivity contribution in [3.05, 3.63) is 54.2 Å². The van der Waals surface area contributed by atoms with Gasteiger partial charge in [0.05, 0.1) is 19.0 Å². The van der Waals surface area contributed by atoms with E-state index < -0.39 is 163 Å². The van der Waals surface area contributed by atoms with Gasteiger partial charge in [-0.3, -0.25) is 62.3 Å². The van der Waals surface area contributed by atoms with Gasteiger partial charge in [0.25, 0.3) is 0 Å². The SMILES string of the molecule is CC(=O)N[C@@H](CCC(N)=O)C(=O)N[C@@H](Cc1cnc[nH]1)C(=O)N[C@@H](CC(C)C)C(=O)N[C@@H](CC(C)C)C(=O)N[C@@H](CCC(N)=O)C(=O)N[C@@H](CC(C)C)C(=O)N[C@H](C(=O)N[C@H](C(=O)N[C@@H](Cc1c[nH]c2ccccc12)C(=O)NCC(=O)NCCCCCC=O)C(C)C)[C@@H](C)O. The first-order valence-corrected chi connectivity index (χ1v) is 32.2. The van der Waals surface area contributed by atoms with Crippen LogP contribution in [0.4, 0.5) is 0 Å². The molecule has 0 unspecified atom stereocenters. The number of imidazole rings is 1. The fraction of sp³-hybridized carbons (Fsp3) is 0.609. The van der Waals surface area contributed by atoms with Crippen molar-refractivity contribution in [3.63, 3.8) is 0 Å². The van der Waals surface area contributed by atoms with Gasteiger partial charge in [0.15, 0.2) is 0 Å². The fourth-order valence-corrected chi connectivity index (χ4v) is 10.2. The number of unbranched alkanes of at least 4 members (excludes halogenated alkanes) is 3. The molecule has 31 heteroatoms. The standard InChI is InChI=1S/C64H100N16O15/c1-34(2)25-46(75-60(91)47(26-35(3)4)76-61(92)50(29-41-31-67-33-71-41)77-57(88)44(72-39(10)83)19-21-51(65)84)59(90)73-45(20-22-52(66)85)58(89)74-48(27-36(5)6)62(93)80-55(38(9)82)64(95)79-54(37(7)8)63(94)78-49(28-40-30-69-43-18-14-13-17-42(40)43)56(87)70-32-53(86)68-23-15-11-12-16-24-81/h13-14,17-18,24,30-31,33-38,44-50,54-55,69,82H,11-12,15-16,19-23,25-29,32H2,1-10H3,(H2,65,84)(H2,66,85)(H,67,71)(H,68,86)(H,70,87)(H,72,83)(H,73,90)(H,74,89)(H,75,91)(H,76,92)(H,77,88)(H,78,94)(H,79,95)(H,80,93)/t38-,44+,45+,46+,47+,48+,49+,50+,54+,55+/m1/s1. The average Bonchev–Trinajstić information content (AvgIpc) is 1.77. The van der Waals surface area contributed by atoms with Crippen LogP contribution in [0.2, 0.25) is 0 Å². The second-order valence-corrected chi connectivity index (χ2v) is 25.4. The number of hydrogen-bond donors (Lipinski definition) is 16.